The van der Waals surface area contributed by atoms with E-state index in [1.54, 1.807) is 18.2 Å². The number of benzene rings is 3. The third-order valence-corrected chi connectivity index (χ3v) is 7.84. The summed E-state index contributed by atoms with van der Waals surface area (Å²) in [5.74, 6) is -0.0592. The minimum atomic E-state index is -4.55. The average molecular weight is 564 g/mol. The molecule has 0 spiro atoms. The van der Waals surface area contributed by atoms with Crippen LogP contribution in [0.1, 0.15) is 70.8 Å². The summed E-state index contributed by atoms with van der Waals surface area (Å²) in [5.41, 5.74) is 2.29. The smallest absolute Gasteiger partial charge is 0.416 e. The Morgan fingerprint density at radius 2 is 1.78 bits per heavy atom. The van der Waals surface area contributed by atoms with Gasteiger partial charge < -0.3 is 19.9 Å². The zero-order valence-corrected chi connectivity index (χ0v) is 23.4. The summed E-state index contributed by atoms with van der Waals surface area (Å²) < 4.78 is 45.3. The fourth-order valence-corrected chi connectivity index (χ4v) is 5.45. The van der Waals surface area contributed by atoms with Gasteiger partial charge in [-0.25, -0.2) is 0 Å². The molecule has 1 aliphatic carbocycles. The molecule has 41 heavy (non-hydrogen) atoms. The highest BCUT2D eigenvalue weighted by Crippen LogP contribution is 2.45. The highest BCUT2D eigenvalue weighted by Gasteiger charge is 2.40. The van der Waals surface area contributed by atoms with Crippen molar-refractivity contribution in [2.75, 3.05) is 31.6 Å². The number of carbonyl (C=O) groups is 2. The summed E-state index contributed by atoms with van der Waals surface area (Å²) >= 11 is 0. The molecule has 214 valence electrons. The molecule has 0 aliphatic heterocycles. The van der Waals surface area contributed by atoms with Gasteiger partial charge in [-0.1, -0.05) is 39.8 Å². The number of aromatic nitrogens is 1. The Morgan fingerprint density at radius 1 is 1.02 bits per heavy atom. The second-order valence-corrected chi connectivity index (χ2v) is 10.7. The molecular weight excluding hydrogens is 531 g/mol. The number of hydrogen-bond acceptors (Lipinski definition) is 4. The van der Waals surface area contributed by atoms with Crippen LogP contribution in [0.4, 0.5) is 18.9 Å². The maximum Gasteiger partial charge on any atom is 0.416 e. The molecule has 0 fully saturated rings. The van der Waals surface area contributed by atoms with E-state index in [0.717, 1.165) is 43.0 Å². The number of rotatable bonds is 8. The number of alkyl halides is 3. The second kappa shape index (κ2) is 10.7. The number of likely N-dealkylation sites (N-methyl/N-ethyl adjacent to an activating group) is 1. The van der Waals surface area contributed by atoms with Gasteiger partial charge in [0.15, 0.2) is 5.78 Å². The lowest BCUT2D eigenvalue weighted by atomic mass is 9.71. The fourth-order valence-electron chi connectivity index (χ4n) is 5.45. The first-order valence-electron chi connectivity index (χ1n) is 13.6. The van der Waals surface area contributed by atoms with Crippen LogP contribution in [0.25, 0.3) is 10.9 Å². The first-order chi connectivity index (χ1) is 19.4. The van der Waals surface area contributed by atoms with E-state index in [1.807, 2.05) is 32.0 Å². The zero-order chi connectivity index (χ0) is 29.5. The molecule has 1 heterocycles. The van der Waals surface area contributed by atoms with Crippen molar-refractivity contribution in [1.82, 2.24) is 9.88 Å². The Labute approximate surface area is 236 Å². The summed E-state index contributed by atoms with van der Waals surface area (Å²) in [7, 11) is 0. The van der Waals surface area contributed by atoms with Crippen molar-refractivity contribution in [3.8, 4) is 5.75 Å². The Bertz CT molecular complexity index is 1630. The number of ketones is 1. The molecule has 0 bridgehead atoms. The first-order valence-corrected chi connectivity index (χ1v) is 13.6. The van der Waals surface area contributed by atoms with Gasteiger partial charge in [-0.2, -0.15) is 13.2 Å². The molecule has 3 aromatic carbocycles. The number of fused-ring (bicyclic) bond motifs is 4. The molecule has 6 nitrogen and oxygen atoms in total. The molecule has 1 amide bonds. The number of halogens is 3. The Hall–Kier alpha value is -4.11. The van der Waals surface area contributed by atoms with Crippen molar-refractivity contribution in [2.45, 2.75) is 39.3 Å². The Kier molecular flexibility index (Phi) is 7.42. The number of nitrogens with zero attached hydrogens (tertiary/aromatic N) is 1. The van der Waals surface area contributed by atoms with Crippen LogP contribution < -0.4 is 10.1 Å². The summed E-state index contributed by atoms with van der Waals surface area (Å²) in [6.07, 6.45) is -4.55. The molecule has 1 aliphatic rings. The van der Waals surface area contributed by atoms with Crippen LogP contribution in [0.3, 0.4) is 0 Å². The van der Waals surface area contributed by atoms with E-state index in [4.69, 9.17) is 4.74 Å². The lowest BCUT2D eigenvalue weighted by Gasteiger charge is -2.32. The van der Waals surface area contributed by atoms with Gasteiger partial charge in [-0.05, 0) is 67.2 Å². The van der Waals surface area contributed by atoms with E-state index in [2.05, 4.69) is 29.0 Å². The number of anilines is 1. The largest absolute Gasteiger partial charge is 0.492 e. The van der Waals surface area contributed by atoms with Crippen molar-refractivity contribution < 1.29 is 27.5 Å². The minimum absolute atomic E-state index is 0.101. The predicted octanol–water partition coefficient (Wildman–Crippen LogP) is 7.03. The molecule has 9 heteroatoms. The van der Waals surface area contributed by atoms with Gasteiger partial charge in [0.05, 0.1) is 11.1 Å². The molecule has 0 saturated heterocycles. The lowest BCUT2D eigenvalue weighted by molar-refractivity contribution is -0.137. The van der Waals surface area contributed by atoms with Gasteiger partial charge in [-0.15, -0.1) is 0 Å². The maximum atomic E-state index is 13.7. The van der Waals surface area contributed by atoms with Crippen LogP contribution in [0.2, 0.25) is 0 Å². The van der Waals surface area contributed by atoms with Crippen LogP contribution in [-0.2, 0) is 11.6 Å². The third kappa shape index (κ3) is 5.34. The minimum Gasteiger partial charge on any atom is -0.492 e. The summed E-state index contributed by atoms with van der Waals surface area (Å²) in [6.45, 7) is 11.6. The Morgan fingerprint density at radius 3 is 2.49 bits per heavy atom. The molecule has 0 unspecified atom stereocenters. The second-order valence-electron chi connectivity index (χ2n) is 10.7. The van der Waals surface area contributed by atoms with E-state index >= 15 is 0 Å². The predicted molar refractivity (Wildman–Crippen MR) is 153 cm³/mol. The average Bonchev–Trinajstić information content (AvgIpc) is 3.34. The van der Waals surface area contributed by atoms with Crippen LogP contribution in [0.15, 0.2) is 60.7 Å². The van der Waals surface area contributed by atoms with E-state index < -0.39 is 23.1 Å². The number of H-pyrrole nitrogens is 1. The van der Waals surface area contributed by atoms with E-state index in [9.17, 15) is 22.8 Å². The molecular formula is C32H32F3N3O3. The van der Waals surface area contributed by atoms with Gasteiger partial charge in [0, 0.05) is 45.4 Å². The van der Waals surface area contributed by atoms with Crippen molar-refractivity contribution in [3.05, 3.63) is 94.2 Å². The number of aromatic amines is 1. The monoisotopic (exact) mass is 563 g/mol. The molecule has 0 radical (unpaired) electrons. The highest BCUT2D eigenvalue weighted by molar-refractivity contribution is 6.20. The standard InChI is InChI=1S/C32H32F3N3O3/c1-5-38(6-2)14-15-41-22-11-13-23-25(18-22)31(3,4)29-27(28(23)39)24-12-10-21(17-26(24)37-29)36-30(40)19-8-7-9-20(16-19)32(33,34)35/h7-13,16-18,37H,5-6,14-15H2,1-4H3,(H,36,40). The molecule has 0 saturated carbocycles. The molecule has 5 rings (SSSR count). The van der Waals surface area contributed by atoms with Gasteiger partial charge in [0.25, 0.3) is 5.91 Å². The number of hydrogen-bond donors (Lipinski definition) is 2. The van der Waals surface area contributed by atoms with Crippen LogP contribution in [-0.4, -0.2) is 47.8 Å². The van der Waals surface area contributed by atoms with Gasteiger partial charge in [-0.3, -0.25) is 9.59 Å². The molecule has 2 N–H and O–H groups in total. The summed E-state index contributed by atoms with van der Waals surface area (Å²) in [4.78, 5) is 32.1. The molecule has 1 aromatic heterocycles. The topological polar surface area (TPSA) is 74.4 Å². The van der Waals surface area contributed by atoms with E-state index in [1.165, 1.54) is 12.1 Å². The number of amides is 1. The quantitative estimate of drug-likeness (QED) is 0.241. The van der Waals surface area contributed by atoms with Crippen molar-refractivity contribution in [3.63, 3.8) is 0 Å². The molecule has 4 aromatic rings. The van der Waals surface area contributed by atoms with E-state index in [0.29, 0.717) is 40.1 Å². The van der Waals surface area contributed by atoms with Crippen LogP contribution in [0.5, 0.6) is 5.75 Å². The van der Waals surface area contributed by atoms with Gasteiger partial charge >= 0.3 is 6.18 Å². The van der Waals surface area contributed by atoms with Crippen molar-refractivity contribution in [1.29, 1.82) is 0 Å². The van der Waals surface area contributed by atoms with E-state index in [-0.39, 0.29) is 11.3 Å². The van der Waals surface area contributed by atoms with Gasteiger partial charge in [0.2, 0.25) is 0 Å². The molecule has 0 atom stereocenters. The SMILES string of the molecule is CCN(CC)CCOc1ccc2c(c1)C(C)(C)c1[nH]c3cc(NC(=O)c4cccc(C(F)(F)F)c4)ccc3c1C2=O. The lowest BCUT2D eigenvalue weighted by Crippen LogP contribution is -2.30. The van der Waals surface area contributed by atoms with Crippen LogP contribution >= 0.6 is 0 Å². The maximum absolute atomic E-state index is 13.7. The number of nitrogens with one attached hydrogen (secondary N) is 2. The summed E-state index contributed by atoms with van der Waals surface area (Å²) in [6, 6.07) is 14.9. The van der Waals surface area contributed by atoms with Gasteiger partial charge in [0.1, 0.15) is 12.4 Å². The fraction of sp³-hybridized carbons (Fsp3) is 0.312. The normalized spacial score (nSPS) is 14.2. The Balaban J connectivity index is 1.42. The number of ether oxygens (including phenoxy) is 1. The van der Waals surface area contributed by atoms with Crippen molar-refractivity contribution in [2.24, 2.45) is 0 Å². The first kappa shape index (κ1) is 28.4. The zero-order valence-electron chi connectivity index (χ0n) is 23.4. The summed E-state index contributed by atoms with van der Waals surface area (Å²) in [5, 5.41) is 3.38. The third-order valence-electron chi connectivity index (χ3n) is 7.84. The van der Waals surface area contributed by atoms with Crippen LogP contribution in [0, 0.1) is 0 Å². The van der Waals surface area contributed by atoms with Crippen molar-refractivity contribution >= 4 is 28.3 Å². The highest BCUT2D eigenvalue weighted by atomic mass is 19.4. The number of carbonyl (C=O) groups excluding carboxylic acids is 2.